The zero-order chi connectivity index (χ0) is 16.9. The largest absolute Gasteiger partial charge is 0.480 e. The van der Waals surface area contributed by atoms with Gasteiger partial charge in [-0.25, -0.2) is 17.6 Å². The van der Waals surface area contributed by atoms with Crippen molar-refractivity contribution in [3.8, 4) is 0 Å². The Balaban J connectivity index is 2.96. The number of carbonyl (C=O) groups excluding carboxylic acids is 1. The van der Waals surface area contributed by atoms with E-state index in [2.05, 4.69) is 0 Å². The van der Waals surface area contributed by atoms with Gasteiger partial charge >= 0.3 is 5.97 Å². The number of hydrogen-bond acceptors (Lipinski definition) is 4. The highest BCUT2D eigenvalue weighted by molar-refractivity contribution is 7.93. The van der Waals surface area contributed by atoms with E-state index in [9.17, 15) is 22.4 Å². The second-order valence-electron chi connectivity index (χ2n) is 6.07. The van der Waals surface area contributed by atoms with Gasteiger partial charge in [0.1, 0.15) is 11.9 Å². The fourth-order valence-electron chi connectivity index (χ4n) is 2.85. The number of carboxylic acids is 1. The maximum Gasteiger partial charge on any atom is 0.328 e. The zero-order valence-corrected chi connectivity index (χ0v) is 13.7. The first-order chi connectivity index (χ1) is 10.2. The Hall–Kier alpha value is -1.18. The molecule has 0 aromatic rings. The van der Waals surface area contributed by atoms with Gasteiger partial charge in [0.15, 0.2) is 15.9 Å². The van der Waals surface area contributed by atoms with Crippen LogP contribution in [0.3, 0.4) is 0 Å². The van der Waals surface area contributed by atoms with Crippen LogP contribution in [0.2, 0.25) is 0 Å². The number of alkyl halides is 1. The lowest BCUT2D eigenvalue weighted by Gasteiger charge is -2.29. The van der Waals surface area contributed by atoms with E-state index in [1.165, 1.54) is 0 Å². The molecule has 0 spiro atoms. The highest BCUT2D eigenvalue weighted by atomic mass is 32.2. The van der Waals surface area contributed by atoms with Crippen molar-refractivity contribution in [1.82, 2.24) is 5.32 Å². The summed E-state index contributed by atoms with van der Waals surface area (Å²) < 4.78 is 38.1. The normalized spacial score (nSPS) is 19.6. The summed E-state index contributed by atoms with van der Waals surface area (Å²) in [5, 5.41) is 8.87. The molecule has 0 saturated heterocycles. The molecule has 0 bridgehead atoms. The van der Waals surface area contributed by atoms with Crippen molar-refractivity contribution >= 4 is 21.7 Å². The molecule has 0 aliphatic heterocycles. The van der Waals surface area contributed by atoms with Crippen LogP contribution in [-0.2, 0) is 19.4 Å². The molecule has 2 atom stereocenters. The van der Waals surface area contributed by atoms with Crippen molar-refractivity contribution < 1.29 is 27.5 Å². The molecule has 6 nitrogen and oxygen atoms in total. The predicted octanol–water partition coefficient (Wildman–Crippen LogP) is 1.30. The van der Waals surface area contributed by atoms with Crippen LogP contribution in [0.4, 0.5) is 4.39 Å². The minimum absolute atomic E-state index is 0.513. The smallest absolute Gasteiger partial charge is 0.328 e. The molecule has 1 aliphatic rings. The summed E-state index contributed by atoms with van der Waals surface area (Å²) in [6.45, 7) is 1.90. The third-order valence-electron chi connectivity index (χ3n) is 4.00. The first-order valence-electron chi connectivity index (χ1n) is 7.53. The molecule has 2 N–H and O–H groups in total. The van der Waals surface area contributed by atoms with Gasteiger partial charge in [0.25, 0.3) is 0 Å². The van der Waals surface area contributed by atoms with E-state index >= 15 is 0 Å². The fraction of sp³-hybridized carbons (Fsp3) is 0.857. The SMILES string of the molecule is CC(C)C(C(=O)NC(CF)C(=O)O)S(=O)(=O)C1CCCCC1. The monoisotopic (exact) mass is 337 g/mol. The first-order valence-corrected chi connectivity index (χ1v) is 9.14. The molecule has 22 heavy (non-hydrogen) atoms. The third-order valence-corrected chi connectivity index (χ3v) is 6.87. The molecule has 128 valence electrons. The number of halogens is 1. The van der Waals surface area contributed by atoms with Crippen molar-refractivity contribution in [2.24, 2.45) is 5.92 Å². The predicted molar refractivity (Wildman–Crippen MR) is 80.0 cm³/mol. The highest BCUT2D eigenvalue weighted by Gasteiger charge is 2.42. The molecular weight excluding hydrogens is 313 g/mol. The van der Waals surface area contributed by atoms with E-state index in [1.54, 1.807) is 13.8 Å². The standard InChI is InChI=1S/C14H24FNO5S/c1-9(2)12(13(17)16-11(8-15)14(18)19)22(20,21)10-6-4-3-5-7-10/h9-12H,3-8H2,1-2H3,(H,16,17)(H,18,19). The van der Waals surface area contributed by atoms with E-state index in [-0.39, 0.29) is 0 Å². The summed E-state index contributed by atoms with van der Waals surface area (Å²) in [5.41, 5.74) is 0. The van der Waals surface area contributed by atoms with Crippen molar-refractivity contribution in [3.63, 3.8) is 0 Å². The van der Waals surface area contributed by atoms with Crippen molar-refractivity contribution in [2.75, 3.05) is 6.67 Å². The quantitative estimate of drug-likeness (QED) is 0.729. The molecule has 2 unspecified atom stereocenters. The topological polar surface area (TPSA) is 101 Å². The lowest BCUT2D eigenvalue weighted by molar-refractivity contribution is -0.142. The van der Waals surface area contributed by atoms with Gasteiger partial charge < -0.3 is 10.4 Å². The summed E-state index contributed by atoms with van der Waals surface area (Å²) in [6.07, 6.45) is 3.62. The van der Waals surface area contributed by atoms with E-state index in [4.69, 9.17) is 5.11 Å². The summed E-state index contributed by atoms with van der Waals surface area (Å²) >= 11 is 0. The zero-order valence-electron chi connectivity index (χ0n) is 12.9. The molecular formula is C14H24FNO5S. The van der Waals surface area contributed by atoms with Gasteiger partial charge in [-0.05, 0) is 18.8 Å². The number of hydrogen-bond donors (Lipinski definition) is 2. The van der Waals surface area contributed by atoms with Crippen LogP contribution in [0.5, 0.6) is 0 Å². The third kappa shape index (κ3) is 4.41. The number of carboxylic acid groups (broad SMARTS) is 1. The number of sulfone groups is 1. The van der Waals surface area contributed by atoms with Gasteiger partial charge in [-0.2, -0.15) is 0 Å². The van der Waals surface area contributed by atoms with Crippen LogP contribution < -0.4 is 5.32 Å². The van der Waals surface area contributed by atoms with Crippen LogP contribution in [0.1, 0.15) is 46.0 Å². The molecule has 1 rings (SSSR count). The number of nitrogens with one attached hydrogen (secondary N) is 1. The first kappa shape index (κ1) is 18.9. The molecule has 0 aromatic heterocycles. The highest BCUT2D eigenvalue weighted by Crippen LogP contribution is 2.29. The Kier molecular flexibility index (Phi) is 6.77. The summed E-state index contributed by atoms with van der Waals surface area (Å²) in [6, 6.07) is -1.71. The van der Waals surface area contributed by atoms with Gasteiger partial charge in [-0.3, -0.25) is 4.79 Å². The van der Waals surface area contributed by atoms with Crippen LogP contribution in [-0.4, -0.2) is 48.6 Å². The van der Waals surface area contributed by atoms with E-state index in [1.807, 2.05) is 5.32 Å². The lowest BCUT2D eigenvalue weighted by Crippen LogP contribution is -2.52. The van der Waals surface area contributed by atoms with Crippen LogP contribution in [0, 0.1) is 5.92 Å². The average molecular weight is 337 g/mol. The molecule has 1 saturated carbocycles. The van der Waals surface area contributed by atoms with E-state index in [0.717, 1.165) is 19.3 Å². The number of aliphatic carboxylic acids is 1. The van der Waals surface area contributed by atoms with Crippen molar-refractivity contribution in [1.29, 1.82) is 0 Å². The maximum atomic E-state index is 12.7. The molecule has 1 fully saturated rings. The van der Waals surface area contributed by atoms with Gasteiger partial charge in [0, 0.05) is 0 Å². The van der Waals surface area contributed by atoms with Crippen LogP contribution in [0.25, 0.3) is 0 Å². The van der Waals surface area contributed by atoms with Crippen molar-refractivity contribution in [2.45, 2.75) is 62.5 Å². The Morgan fingerprint density at radius 1 is 1.23 bits per heavy atom. The van der Waals surface area contributed by atoms with Crippen LogP contribution in [0.15, 0.2) is 0 Å². The second kappa shape index (κ2) is 7.89. The molecule has 8 heteroatoms. The van der Waals surface area contributed by atoms with Gasteiger partial charge in [-0.15, -0.1) is 0 Å². The summed E-state index contributed by atoms with van der Waals surface area (Å²) in [7, 11) is -3.73. The van der Waals surface area contributed by atoms with E-state index < -0.39 is 50.8 Å². The molecule has 1 aliphatic carbocycles. The van der Waals surface area contributed by atoms with Gasteiger partial charge in [0.2, 0.25) is 5.91 Å². The minimum atomic E-state index is -3.73. The second-order valence-corrected chi connectivity index (χ2v) is 8.42. The number of rotatable bonds is 7. The molecule has 0 aromatic carbocycles. The Morgan fingerprint density at radius 2 is 1.77 bits per heavy atom. The fourth-order valence-corrected chi connectivity index (χ4v) is 5.38. The van der Waals surface area contributed by atoms with E-state index in [0.29, 0.717) is 12.8 Å². The van der Waals surface area contributed by atoms with Crippen LogP contribution >= 0.6 is 0 Å². The Morgan fingerprint density at radius 3 is 2.18 bits per heavy atom. The molecule has 0 heterocycles. The number of amides is 1. The summed E-state index contributed by atoms with van der Waals surface area (Å²) in [5.74, 6) is -2.96. The molecule has 0 radical (unpaired) electrons. The molecule has 1 amide bonds. The maximum absolute atomic E-state index is 12.7. The van der Waals surface area contributed by atoms with Gasteiger partial charge in [-0.1, -0.05) is 33.1 Å². The minimum Gasteiger partial charge on any atom is -0.480 e. The Bertz CT molecular complexity index is 499. The average Bonchev–Trinajstić information content (AvgIpc) is 2.44. The summed E-state index contributed by atoms with van der Waals surface area (Å²) in [4.78, 5) is 23.0. The Labute approximate surface area is 130 Å². The van der Waals surface area contributed by atoms with Gasteiger partial charge in [0.05, 0.1) is 5.25 Å². The number of carbonyl (C=O) groups is 2. The van der Waals surface area contributed by atoms with Crippen molar-refractivity contribution in [3.05, 3.63) is 0 Å². The lowest BCUT2D eigenvalue weighted by atomic mass is 10.0.